The Hall–Kier alpha value is -1.26. The van der Waals surface area contributed by atoms with Crippen LogP contribution >= 0.6 is 0 Å². The fraction of sp³-hybridized carbons (Fsp3) is 0.625. The molecule has 20 heavy (non-hydrogen) atoms. The molecule has 1 aromatic carbocycles. The highest BCUT2D eigenvalue weighted by Gasteiger charge is 2.40. The van der Waals surface area contributed by atoms with E-state index >= 15 is 0 Å². The Kier molecular flexibility index (Phi) is 4.55. The molecule has 1 saturated carbocycles. The lowest BCUT2D eigenvalue weighted by atomic mass is 9.71. The van der Waals surface area contributed by atoms with Gasteiger partial charge in [0.15, 0.2) is 11.5 Å². The summed E-state index contributed by atoms with van der Waals surface area (Å²) in [5.41, 5.74) is 0.0162. The van der Waals surface area contributed by atoms with E-state index in [0.29, 0.717) is 5.75 Å². The molecule has 2 N–H and O–H groups in total. The summed E-state index contributed by atoms with van der Waals surface area (Å²) in [6.07, 6.45) is 3.98. The highest BCUT2D eigenvalue weighted by atomic mass is 16.5. The molecule has 0 heterocycles. The van der Waals surface area contributed by atoms with Crippen LogP contribution in [-0.4, -0.2) is 42.9 Å². The molecule has 0 radical (unpaired) electrons. The van der Waals surface area contributed by atoms with Crippen LogP contribution in [0.1, 0.15) is 31.2 Å². The highest BCUT2D eigenvalue weighted by Crippen LogP contribution is 2.43. The minimum Gasteiger partial charge on any atom is -0.504 e. The number of nitrogens with zero attached hydrogens (tertiary/aromatic N) is 1. The third-order valence-electron chi connectivity index (χ3n) is 4.30. The number of aliphatic hydroxyl groups is 1. The van der Waals surface area contributed by atoms with Gasteiger partial charge in [-0.3, -0.25) is 0 Å². The number of phenolic OH excluding ortho intramolecular Hbond substituents is 1. The number of benzene rings is 1. The first-order valence-electron chi connectivity index (χ1n) is 7.22. The van der Waals surface area contributed by atoms with Crippen LogP contribution < -0.4 is 4.74 Å². The van der Waals surface area contributed by atoms with Gasteiger partial charge in [0, 0.05) is 12.5 Å². The van der Waals surface area contributed by atoms with Crippen molar-refractivity contribution in [2.45, 2.75) is 31.3 Å². The van der Waals surface area contributed by atoms with E-state index in [1.165, 1.54) is 7.11 Å². The van der Waals surface area contributed by atoms with Gasteiger partial charge in [-0.25, -0.2) is 0 Å². The molecule has 0 unspecified atom stereocenters. The fourth-order valence-corrected chi connectivity index (χ4v) is 3.24. The first-order chi connectivity index (χ1) is 9.47. The molecule has 1 fully saturated rings. The number of aromatic hydroxyl groups is 1. The molecule has 4 heteroatoms. The number of ether oxygens (including phenoxy) is 1. The lowest BCUT2D eigenvalue weighted by Gasteiger charge is -2.41. The van der Waals surface area contributed by atoms with E-state index in [9.17, 15) is 10.2 Å². The van der Waals surface area contributed by atoms with Crippen LogP contribution in [0.15, 0.2) is 18.2 Å². The number of hydrogen-bond donors (Lipinski definition) is 2. The summed E-state index contributed by atoms with van der Waals surface area (Å²) in [6, 6.07) is 5.18. The van der Waals surface area contributed by atoms with Crippen molar-refractivity contribution in [3.8, 4) is 11.5 Å². The molecule has 0 saturated heterocycles. The first-order valence-corrected chi connectivity index (χ1v) is 7.22. The molecular formula is C16H25NO3. The SMILES string of the molecule is COc1cc([C@@]2(O)CCCC[C@@H]2CN(C)C)ccc1O. The normalized spacial score (nSPS) is 26.8. The van der Waals surface area contributed by atoms with Crippen LogP contribution in [0.5, 0.6) is 11.5 Å². The summed E-state index contributed by atoms with van der Waals surface area (Å²) in [5.74, 6) is 0.741. The standard InChI is InChI=1S/C16H25NO3/c1-17(2)11-13-6-4-5-9-16(13,19)12-7-8-14(18)15(10-12)20-3/h7-8,10,13,18-19H,4-6,9,11H2,1-3H3/t13-,16+/m1/s1. The molecule has 0 aliphatic heterocycles. The summed E-state index contributed by atoms with van der Waals surface area (Å²) in [6.45, 7) is 0.861. The summed E-state index contributed by atoms with van der Waals surface area (Å²) >= 11 is 0. The van der Waals surface area contributed by atoms with Crippen molar-refractivity contribution in [1.29, 1.82) is 0 Å². The topological polar surface area (TPSA) is 52.9 Å². The van der Waals surface area contributed by atoms with E-state index in [0.717, 1.165) is 37.8 Å². The smallest absolute Gasteiger partial charge is 0.160 e. The van der Waals surface area contributed by atoms with Gasteiger partial charge >= 0.3 is 0 Å². The van der Waals surface area contributed by atoms with Gasteiger partial charge in [0.25, 0.3) is 0 Å². The Morgan fingerprint density at radius 2 is 2.10 bits per heavy atom. The summed E-state index contributed by atoms with van der Waals surface area (Å²) in [5, 5.41) is 20.9. The molecule has 1 aromatic rings. The number of methoxy groups -OCH3 is 1. The van der Waals surface area contributed by atoms with Crippen LogP contribution in [-0.2, 0) is 5.60 Å². The van der Waals surface area contributed by atoms with E-state index in [2.05, 4.69) is 4.90 Å². The average molecular weight is 279 g/mol. The van der Waals surface area contributed by atoms with E-state index in [1.54, 1.807) is 12.1 Å². The van der Waals surface area contributed by atoms with Crippen molar-refractivity contribution in [1.82, 2.24) is 4.90 Å². The molecule has 4 nitrogen and oxygen atoms in total. The maximum atomic E-state index is 11.2. The van der Waals surface area contributed by atoms with Crippen LogP contribution in [0.25, 0.3) is 0 Å². The third-order valence-corrected chi connectivity index (χ3v) is 4.30. The van der Waals surface area contributed by atoms with Gasteiger partial charge in [0.05, 0.1) is 12.7 Å². The van der Waals surface area contributed by atoms with Crippen molar-refractivity contribution in [2.24, 2.45) is 5.92 Å². The minimum absolute atomic E-state index is 0.111. The summed E-state index contributed by atoms with van der Waals surface area (Å²) in [4.78, 5) is 2.12. The predicted molar refractivity (Wildman–Crippen MR) is 79.1 cm³/mol. The van der Waals surface area contributed by atoms with E-state index < -0.39 is 5.60 Å². The Morgan fingerprint density at radius 3 is 2.75 bits per heavy atom. The first kappa shape index (κ1) is 15.1. The molecule has 1 aliphatic carbocycles. The fourth-order valence-electron chi connectivity index (χ4n) is 3.24. The van der Waals surface area contributed by atoms with E-state index in [1.807, 2.05) is 20.2 Å². The number of phenols is 1. The predicted octanol–water partition coefficient (Wildman–Crippen LogP) is 2.34. The molecule has 2 atom stereocenters. The molecule has 0 amide bonds. The molecule has 0 spiro atoms. The van der Waals surface area contributed by atoms with E-state index in [-0.39, 0.29) is 11.7 Å². The second kappa shape index (κ2) is 6.02. The van der Waals surface area contributed by atoms with Crippen LogP contribution in [0.2, 0.25) is 0 Å². The van der Waals surface area contributed by atoms with Crippen molar-refractivity contribution < 1.29 is 14.9 Å². The Bertz CT molecular complexity index is 461. The Morgan fingerprint density at radius 1 is 1.35 bits per heavy atom. The van der Waals surface area contributed by atoms with Gasteiger partial charge in [0.2, 0.25) is 0 Å². The van der Waals surface area contributed by atoms with Crippen molar-refractivity contribution in [3.05, 3.63) is 23.8 Å². The lowest BCUT2D eigenvalue weighted by molar-refractivity contribution is -0.0619. The molecule has 0 bridgehead atoms. The van der Waals surface area contributed by atoms with E-state index in [4.69, 9.17) is 4.74 Å². The zero-order chi connectivity index (χ0) is 14.8. The maximum Gasteiger partial charge on any atom is 0.160 e. The molecular weight excluding hydrogens is 254 g/mol. The Balaban J connectivity index is 2.34. The quantitative estimate of drug-likeness (QED) is 0.888. The summed E-state index contributed by atoms with van der Waals surface area (Å²) < 4.78 is 5.17. The average Bonchev–Trinajstić information content (AvgIpc) is 2.41. The van der Waals surface area contributed by atoms with Crippen LogP contribution in [0, 0.1) is 5.92 Å². The van der Waals surface area contributed by atoms with Crippen LogP contribution in [0.3, 0.4) is 0 Å². The van der Waals surface area contributed by atoms with Gasteiger partial charge in [-0.15, -0.1) is 0 Å². The second-order valence-electron chi connectivity index (χ2n) is 6.02. The molecule has 0 aromatic heterocycles. The van der Waals surface area contributed by atoms with Gasteiger partial charge in [-0.05, 0) is 44.6 Å². The van der Waals surface area contributed by atoms with Crippen molar-refractivity contribution >= 4 is 0 Å². The third kappa shape index (κ3) is 2.91. The monoisotopic (exact) mass is 279 g/mol. The zero-order valence-electron chi connectivity index (χ0n) is 12.6. The second-order valence-corrected chi connectivity index (χ2v) is 6.02. The largest absolute Gasteiger partial charge is 0.504 e. The lowest BCUT2D eigenvalue weighted by Crippen LogP contribution is -2.43. The summed E-state index contributed by atoms with van der Waals surface area (Å²) in [7, 11) is 5.60. The number of hydrogen-bond acceptors (Lipinski definition) is 4. The van der Waals surface area contributed by atoms with Gasteiger partial charge in [0.1, 0.15) is 0 Å². The van der Waals surface area contributed by atoms with Crippen LogP contribution in [0.4, 0.5) is 0 Å². The minimum atomic E-state index is -0.830. The highest BCUT2D eigenvalue weighted by molar-refractivity contribution is 5.44. The Labute approximate surface area is 121 Å². The van der Waals surface area contributed by atoms with Crippen molar-refractivity contribution in [2.75, 3.05) is 27.7 Å². The zero-order valence-corrected chi connectivity index (χ0v) is 12.6. The maximum absolute atomic E-state index is 11.2. The van der Waals surface area contributed by atoms with Gasteiger partial charge < -0.3 is 19.8 Å². The molecule has 112 valence electrons. The number of rotatable bonds is 4. The molecule has 1 aliphatic rings. The van der Waals surface area contributed by atoms with Crippen molar-refractivity contribution in [3.63, 3.8) is 0 Å². The van der Waals surface area contributed by atoms with Gasteiger partial charge in [-0.2, -0.15) is 0 Å². The molecule has 2 rings (SSSR count). The van der Waals surface area contributed by atoms with Gasteiger partial charge in [-0.1, -0.05) is 18.9 Å².